The Morgan fingerprint density at radius 1 is 0.862 bits per heavy atom. The lowest BCUT2D eigenvalue weighted by molar-refractivity contribution is -0.147. The standard InChI is InChI=1S/C46H74N4O7S/c1-9-31-25-44(31,41(55)48-58(56,57)32-19-20-32)27-37(52)35-26-46(43(7,8)45(46)21-15-22-45)28-50(35)40(54)33(42(4,5)6)24-36(51)38(30-16-11-10-12-17-30)47-39(53)34-18-13-14-23-49(34)29(2)3/h29-35,38H,9-28H2,1-8H3,(H,47,53)(H,48,55)/t31-,33-,34+,35+,38+,44-,46-/m1/s1/i32D. The molecule has 7 fully saturated rings. The number of amides is 3. The molecule has 2 heterocycles. The van der Waals surface area contributed by atoms with Crippen molar-refractivity contribution in [2.45, 2.75) is 200 Å². The molecule has 7 rings (SSSR count). The molecule has 2 spiro atoms. The van der Waals surface area contributed by atoms with Gasteiger partial charge in [0.05, 0.1) is 28.8 Å². The average Bonchev–Trinajstić information content (AvgIpc) is 4.09. The number of nitrogens with one attached hydrogen (secondary N) is 2. The number of sulfonamides is 1. The number of hydrogen-bond donors (Lipinski definition) is 2. The van der Waals surface area contributed by atoms with Gasteiger partial charge in [-0.3, -0.25) is 33.6 Å². The monoisotopic (exact) mass is 828 g/mol. The Balaban J connectivity index is 1.16. The first-order valence-electron chi connectivity index (χ1n) is 23.5. The number of ketones is 2. The minimum Gasteiger partial charge on any atom is -0.345 e. The fourth-order valence-electron chi connectivity index (χ4n) is 13.0. The van der Waals surface area contributed by atoms with Gasteiger partial charge in [-0.05, 0) is 113 Å². The molecule has 0 aromatic heterocycles. The lowest BCUT2D eigenvalue weighted by Gasteiger charge is -2.40. The maximum Gasteiger partial charge on any atom is 0.240 e. The number of nitrogens with zero attached hydrogens (tertiary/aromatic N) is 2. The summed E-state index contributed by atoms with van der Waals surface area (Å²) in [5.74, 6) is -2.29. The normalized spacial score (nSPS) is 33.8. The quantitative estimate of drug-likeness (QED) is 0.185. The number of piperidine rings is 1. The summed E-state index contributed by atoms with van der Waals surface area (Å²) in [4.78, 5) is 77.0. The predicted molar refractivity (Wildman–Crippen MR) is 224 cm³/mol. The molecular weight excluding hydrogens is 753 g/mol. The van der Waals surface area contributed by atoms with Crippen LogP contribution >= 0.6 is 0 Å². The van der Waals surface area contributed by atoms with E-state index in [0.29, 0.717) is 25.8 Å². The Hall–Kier alpha value is -2.34. The summed E-state index contributed by atoms with van der Waals surface area (Å²) < 4.78 is 36.5. The van der Waals surface area contributed by atoms with E-state index in [0.717, 1.165) is 77.2 Å². The number of carbonyl (C=O) groups is 5. The summed E-state index contributed by atoms with van der Waals surface area (Å²) in [5.41, 5.74) is -2.18. The van der Waals surface area contributed by atoms with E-state index in [-0.39, 0.29) is 89.2 Å². The molecule has 11 nitrogen and oxygen atoms in total. The second kappa shape index (κ2) is 15.5. The highest BCUT2D eigenvalue weighted by atomic mass is 32.2. The Morgan fingerprint density at radius 3 is 2.05 bits per heavy atom. The van der Waals surface area contributed by atoms with Crippen molar-refractivity contribution in [1.82, 2.24) is 19.8 Å². The van der Waals surface area contributed by atoms with Gasteiger partial charge in [0.1, 0.15) is 0 Å². The van der Waals surface area contributed by atoms with Crippen molar-refractivity contribution in [3.63, 3.8) is 0 Å². The first kappa shape index (κ1) is 42.4. The van der Waals surface area contributed by atoms with Gasteiger partial charge in [0.15, 0.2) is 11.6 Å². The van der Waals surface area contributed by atoms with Crippen LogP contribution in [0.2, 0.25) is 0 Å². The number of likely N-dealkylation sites (tertiary alicyclic amines) is 2. The van der Waals surface area contributed by atoms with Crippen LogP contribution in [-0.2, 0) is 34.0 Å². The van der Waals surface area contributed by atoms with Gasteiger partial charge in [-0.15, -0.1) is 0 Å². The van der Waals surface area contributed by atoms with Crippen molar-refractivity contribution in [3.8, 4) is 0 Å². The van der Waals surface area contributed by atoms with Crippen LogP contribution in [0.25, 0.3) is 0 Å². The van der Waals surface area contributed by atoms with E-state index in [9.17, 15) is 27.6 Å². The molecule has 12 heteroatoms. The average molecular weight is 828 g/mol. The molecule has 7 aliphatic rings. The molecule has 0 bridgehead atoms. The molecule has 58 heavy (non-hydrogen) atoms. The summed E-state index contributed by atoms with van der Waals surface area (Å²) in [6.07, 6.45) is 12.4. The fraction of sp³-hybridized carbons (Fsp3) is 0.891. The van der Waals surface area contributed by atoms with Crippen LogP contribution in [0, 0.1) is 44.8 Å². The third kappa shape index (κ3) is 7.42. The molecule has 326 valence electrons. The van der Waals surface area contributed by atoms with Crippen molar-refractivity contribution in [2.24, 2.45) is 44.8 Å². The molecule has 0 unspecified atom stereocenters. The highest BCUT2D eigenvalue weighted by molar-refractivity contribution is 7.90. The maximum absolute atomic E-state index is 15.4. The van der Waals surface area contributed by atoms with Crippen LogP contribution in [0.15, 0.2) is 0 Å². The van der Waals surface area contributed by atoms with Gasteiger partial charge >= 0.3 is 0 Å². The smallest absolute Gasteiger partial charge is 0.240 e. The van der Waals surface area contributed by atoms with Gasteiger partial charge in [-0.25, -0.2) is 8.42 Å². The zero-order valence-electron chi connectivity index (χ0n) is 37.8. The van der Waals surface area contributed by atoms with Crippen LogP contribution in [0.5, 0.6) is 0 Å². The molecular formula is C46H74N4O7S. The van der Waals surface area contributed by atoms with E-state index in [4.69, 9.17) is 1.37 Å². The highest BCUT2D eigenvalue weighted by Gasteiger charge is 2.85. The first-order chi connectivity index (χ1) is 27.5. The number of hydrogen-bond acceptors (Lipinski definition) is 8. The largest absolute Gasteiger partial charge is 0.345 e. The van der Waals surface area contributed by atoms with Gasteiger partial charge in [-0.1, -0.05) is 80.1 Å². The highest BCUT2D eigenvalue weighted by Crippen LogP contribution is 2.88. The van der Waals surface area contributed by atoms with Gasteiger partial charge in [0, 0.05) is 38.1 Å². The van der Waals surface area contributed by atoms with Gasteiger partial charge in [-0.2, -0.15) is 0 Å². The zero-order chi connectivity index (χ0) is 43.1. The molecule has 2 N–H and O–H groups in total. The van der Waals surface area contributed by atoms with Crippen molar-refractivity contribution >= 4 is 39.3 Å². The van der Waals surface area contributed by atoms with E-state index >= 15 is 4.79 Å². The Bertz CT molecular complexity index is 1810. The second-order valence-corrected chi connectivity index (χ2v) is 23.5. The molecule has 5 saturated carbocycles. The van der Waals surface area contributed by atoms with E-state index in [1.165, 1.54) is 0 Å². The molecule has 0 aromatic rings. The topological polar surface area (TPSA) is 150 Å². The fourth-order valence-corrected chi connectivity index (χ4v) is 14.2. The number of Topliss-reactive ketones (excluding diaryl/α,β-unsaturated/α-hetero) is 2. The molecule has 7 atom stereocenters. The molecule has 2 aliphatic heterocycles. The minimum atomic E-state index is -4.22. The second-order valence-electron chi connectivity index (χ2n) is 21.7. The molecule has 3 amide bonds. The third-order valence-electron chi connectivity index (χ3n) is 17.2. The maximum atomic E-state index is 15.4. The van der Waals surface area contributed by atoms with Gasteiger partial charge in [0.25, 0.3) is 0 Å². The molecule has 5 aliphatic carbocycles. The molecule has 2 saturated heterocycles. The van der Waals surface area contributed by atoms with Crippen LogP contribution in [0.1, 0.15) is 172 Å². The van der Waals surface area contributed by atoms with Crippen LogP contribution in [0.4, 0.5) is 0 Å². The van der Waals surface area contributed by atoms with E-state index in [1.54, 1.807) is 4.90 Å². The lowest BCUT2D eigenvalue weighted by Crippen LogP contribution is -2.57. The van der Waals surface area contributed by atoms with E-state index in [1.807, 2.05) is 27.7 Å². The summed E-state index contributed by atoms with van der Waals surface area (Å²) >= 11 is 0. The number of rotatable bonds is 15. The first-order valence-corrected chi connectivity index (χ1v) is 24.5. The Morgan fingerprint density at radius 2 is 1.52 bits per heavy atom. The summed E-state index contributed by atoms with van der Waals surface area (Å²) in [6.45, 7) is 17.9. The lowest BCUT2D eigenvalue weighted by atomic mass is 9.73. The molecule has 0 radical (unpaired) electrons. The SMILES string of the molecule is [2H]C1(S(=O)(=O)NC(=O)[C@@]2(CC(=O)[C@@H]3C[C@@]4(CN3C(=O)[C@@H](CC(=O)[C@@H](NC(=O)[C@@H]3CCCCN3C(C)C)C3CCCCC3)C(C)(C)C)C(C)(C)C43CCC3)C[C@H]2CC)CC1. The van der Waals surface area contributed by atoms with E-state index < -0.39 is 50.0 Å². The van der Waals surface area contributed by atoms with Crippen LogP contribution < -0.4 is 10.0 Å². The molecule has 0 aromatic carbocycles. The Kier molecular flexibility index (Phi) is 11.3. The zero-order valence-corrected chi connectivity index (χ0v) is 37.7. The van der Waals surface area contributed by atoms with Crippen molar-refractivity contribution < 1.29 is 33.8 Å². The summed E-state index contributed by atoms with van der Waals surface area (Å²) in [7, 11) is -4.22. The summed E-state index contributed by atoms with van der Waals surface area (Å²) in [5, 5.41) is 1.57. The number of fused-ring (bicyclic) bond motifs is 1. The van der Waals surface area contributed by atoms with E-state index in [2.05, 4.69) is 42.6 Å². The van der Waals surface area contributed by atoms with Crippen molar-refractivity contribution in [2.75, 3.05) is 13.1 Å². The third-order valence-corrected chi connectivity index (χ3v) is 18.8. The van der Waals surface area contributed by atoms with Gasteiger partial charge < -0.3 is 10.2 Å². The minimum absolute atomic E-state index is 0.00294. The summed E-state index contributed by atoms with van der Waals surface area (Å²) in [6, 6.07) is -1.57. The van der Waals surface area contributed by atoms with Crippen molar-refractivity contribution in [3.05, 3.63) is 0 Å². The number of carbonyl (C=O) groups excluding carboxylic acids is 5. The van der Waals surface area contributed by atoms with Crippen molar-refractivity contribution in [1.29, 1.82) is 0 Å². The Labute approximate surface area is 350 Å². The van der Waals surface area contributed by atoms with Gasteiger partial charge in [0.2, 0.25) is 27.7 Å². The predicted octanol–water partition coefficient (Wildman–Crippen LogP) is 6.72. The van der Waals surface area contributed by atoms with Crippen LogP contribution in [-0.4, -0.2) is 90.0 Å². The van der Waals surface area contributed by atoms with Crippen LogP contribution in [0.3, 0.4) is 0 Å².